The molecule has 0 radical (unpaired) electrons. The first-order chi connectivity index (χ1) is 9.91. The van der Waals surface area contributed by atoms with Gasteiger partial charge in [0.25, 0.3) is 0 Å². The van der Waals surface area contributed by atoms with Gasteiger partial charge in [-0.05, 0) is 24.3 Å². The minimum absolute atomic E-state index is 0.0160. The molecule has 1 aromatic carbocycles. The van der Waals surface area contributed by atoms with Crippen molar-refractivity contribution in [2.45, 2.75) is 12.5 Å². The summed E-state index contributed by atoms with van der Waals surface area (Å²) in [5, 5.41) is 0. The van der Waals surface area contributed by atoms with E-state index < -0.39 is 15.8 Å². The molecular formula is C14H15NO5S. The van der Waals surface area contributed by atoms with Gasteiger partial charge in [0.1, 0.15) is 0 Å². The fourth-order valence-corrected chi connectivity index (χ4v) is 5.17. The maximum atomic E-state index is 12.1. The van der Waals surface area contributed by atoms with Gasteiger partial charge in [-0.25, -0.2) is 13.2 Å². The van der Waals surface area contributed by atoms with Crippen molar-refractivity contribution in [3.63, 3.8) is 0 Å². The highest BCUT2D eigenvalue weighted by Crippen LogP contribution is 2.37. The van der Waals surface area contributed by atoms with Gasteiger partial charge in [-0.15, -0.1) is 0 Å². The Kier molecular flexibility index (Phi) is 3.24. The number of esters is 1. The number of sulfone groups is 1. The number of hydrogen-bond acceptors (Lipinski definition) is 5. The van der Waals surface area contributed by atoms with Crippen molar-refractivity contribution in [2.24, 2.45) is 5.92 Å². The predicted molar refractivity (Wildman–Crippen MR) is 75.8 cm³/mol. The van der Waals surface area contributed by atoms with E-state index >= 15 is 0 Å². The third-order valence-electron chi connectivity index (χ3n) is 4.04. The summed E-state index contributed by atoms with van der Waals surface area (Å²) in [7, 11) is -1.76. The molecule has 2 aliphatic rings. The molecular weight excluding hydrogens is 294 g/mol. The highest BCUT2D eigenvalue weighted by Gasteiger charge is 2.49. The Morgan fingerprint density at radius 1 is 1.24 bits per heavy atom. The second kappa shape index (κ2) is 4.84. The lowest BCUT2D eigenvalue weighted by Gasteiger charge is -2.23. The predicted octanol–water partition coefficient (Wildman–Crippen LogP) is 0.623. The molecule has 2 aliphatic heterocycles. The summed E-state index contributed by atoms with van der Waals surface area (Å²) in [4.78, 5) is 25.1. The normalized spacial score (nSPS) is 26.7. The number of rotatable bonds is 2. The number of benzene rings is 1. The fraction of sp³-hybridized carbons (Fsp3) is 0.429. The molecule has 0 spiro atoms. The summed E-state index contributed by atoms with van der Waals surface area (Å²) in [6, 6.07) is 6.16. The van der Waals surface area contributed by atoms with E-state index in [2.05, 4.69) is 4.74 Å². The Morgan fingerprint density at radius 3 is 2.52 bits per heavy atom. The van der Waals surface area contributed by atoms with E-state index in [1.165, 1.54) is 7.11 Å². The number of amides is 1. The lowest BCUT2D eigenvalue weighted by atomic mass is 10.0. The van der Waals surface area contributed by atoms with E-state index in [-0.39, 0.29) is 35.8 Å². The summed E-state index contributed by atoms with van der Waals surface area (Å²) >= 11 is 0. The van der Waals surface area contributed by atoms with Crippen LogP contribution in [0.4, 0.5) is 5.69 Å². The Morgan fingerprint density at radius 2 is 1.90 bits per heavy atom. The Balaban J connectivity index is 1.89. The minimum atomic E-state index is -3.06. The maximum absolute atomic E-state index is 12.1. The Bertz CT molecular complexity index is 695. The number of nitrogens with zero attached hydrogens (tertiary/aromatic N) is 1. The Labute approximate surface area is 122 Å². The summed E-state index contributed by atoms with van der Waals surface area (Å²) in [6.07, 6.45) is 0.267. The first-order valence-electron chi connectivity index (χ1n) is 6.62. The fourth-order valence-electron chi connectivity index (χ4n) is 3.10. The summed E-state index contributed by atoms with van der Waals surface area (Å²) < 4.78 is 28.0. The van der Waals surface area contributed by atoms with Crippen LogP contribution in [-0.4, -0.2) is 45.0 Å². The van der Waals surface area contributed by atoms with Crippen LogP contribution in [0.5, 0.6) is 0 Å². The smallest absolute Gasteiger partial charge is 0.337 e. The number of ether oxygens (including phenoxy) is 1. The van der Waals surface area contributed by atoms with E-state index in [4.69, 9.17) is 0 Å². The Hall–Kier alpha value is -1.89. The van der Waals surface area contributed by atoms with E-state index in [9.17, 15) is 18.0 Å². The van der Waals surface area contributed by atoms with Crippen LogP contribution in [0, 0.1) is 5.92 Å². The monoisotopic (exact) mass is 309 g/mol. The number of anilines is 1. The molecule has 0 saturated carbocycles. The molecule has 1 aromatic rings. The zero-order valence-electron chi connectivity index (χ0n) is 11.5. The molecule has 6 nitrogen and oxygen atoms in total. The van der Waals surface area contributed by atoms with Gasteiger partial charge in [0.05, 0.1) is 30.2 Å². The van der Waals surface area contributed by atoms with Crippen molar-refractivity contribution in [3.8, 4) is 0 Å². The summed E-state index contributed by atoms with van der Waals surface area (Å²) in [5.74, 6) is -0.536. The van der Waals surface area contributed by atoms with Gasteiger partial charge in [0.15, 0.2) is 9.84 Å². The molecule has 1 amide bonds. The summed E-state index contributed by atoms with van der Waals surface area (Å²) in [5.41, 5.74) is 1.01. The second-order valence-electron chi connectivity index (χ2n) is 5.41. The highest BCUT2D eigenvalue weighted by atomic mass is 32.2. The lowest BCUT2D eigenvalue weighted by Crippen LogP contribution is -2.36. The van der Waals surface area contributed by atoms with Crippen LogP contribution in [0.2, 0.25) is 0 Å². The molecule has 0 N–H and O–H groups in total. The number of carbonyl (C=O) groups excluding carboxylic acids is 2. The van der Waals surface area contributed by atoms with Crippen LogP contribution in [0.1, 0.15) is 16.8 Å². The van der Waals surface area contributed by atoms with Crippen LogP contribution in [-0.2, 0) is 19.4 Å². The zero-order chi connectivity index (χ0) is 15.2. The molecule has 0 bridgehead atoms. The standard InChI is InChI=1S/C14H15NO5S/c1-20-14(17)9-2-4-11(5-3-9)15-12-8-21(18,19)7-10(12)6-13(15)16/h2-5,10,12H,6-8H2,1H3/t10-,12-/m0/s1. The van der Waals surface area contributed by atoms with Crippen molar-refractivity contribution in [1.29, 1.82) is 0 Å². The number of fused-ring (bicyclic) bond motifs is 1. The van der Waals surface area contributed by atoms with E-state index in [1.807, 2.05) is 0 Å². The van der Waals surface area contributed by atoms with Gasteiger partial charge >= 0.3 is 5.97 Å². The lowest BCUT2D eigenvalue weighted by molar-refractivity contribution is -0.117. The van der Waals surface area contributed by atoms with Crippen LogP contribution >= 0.6 is 0 Å². The van der Waals surface area contributed by atoms with Gasteiger partial charge in [-0.2, -0.15) is 0 Å². The molecule has 3 rings (SSSR count). The first kappa shape index (κ1) is 14.1. The van der Waals surface area contributed by atoms with E-state index in [1.54, 1.807) is 29.2 Å². The van der Waals surface area contributed by atoms with Crippen LogP contribution in [0.25, 0.3) is 0 Å². The van der Waals surface area contributed by atoms with Crippen molar-refractivity contribution >= 4 is 27.4 Å². The molecule has 0 aliphatic carbocycles. The third-order valence-corrected chi connectivity index (χ3v) is 5.83. The van der Waals surface area contributed by atoms with E-state index in [0.29, 0.717) is 11.3 Å². The van der Waals surface area contributed by atoms with Crippen molar-refractivity contribution < 1.29 is 22.7 Å². The molecule has 2 atom stereocenters. The molecule has 112 valence electrons. The molecule has 7 heteroatoms. The van der Waals surface area contributed by atoms with Gasteiger partial charge in [-0.1, -0.05) is 0 Å². The van der Waals surface area contributed by atoms with Crippen molar-refractivity contribution in [3.05, 3.63) is 29.8 Å². The molecule has 2 saturated heterocycles. The van der Waals surface area contributed by atoms with Gasteiger partial charge in [0, 0.05) is 18.0 Å². The van der Waals surface area contributed by atoms with Crippen LogP contribution < -0.4 is 4.90 Å². The van der Waals surface area contributed by atoms with Crippen LogP contribution in [0.15, 0.2) is 24.3 Å². The van der Waals surface area contributed by atoms with Crippen molar-refractivity contribution in [1.82, 2.24) is 0 Å². The largest absolute Gasteiger partial charge is 0.465 e. The first-order valence-corrected chi connectivity index (χ1v) is 8.44. The number of methoxy groups -OCH3 is 1. The molecule has 2 fully saturated rings. The van der Waals surface area contributed by atoms with Crippen LogP contribution in [0.3, 0.4) is 0 Å². The average molecular weight is 309 g/mol. The maximum Gasteiger partial charge on any atom is 0.337 e. The molecule has 21 heavy (non-hydrogen) atoms. The topological polar surface area (TPSA) is 80.8 Å². The van der Waals surface area contributed by atoms with Crippen molar-refractivity contribution in [2.75, 3.05) is 23.5 Å². The molecule has 0 unspecified atom stereocenters. The third kappa shape index (κ3) is 2.42. The van der Waals surface area contributed by atoms with E-state index in [0.717, 1.165) is 0 Å². The van der Waals surface area contributed by atoms with Gasteiger partial charge < -0.3 is 9.64 Å². The van der Waals surface area contributed by atoms with Gasteiger partial charge in [0.2, 0.25) is 5.91 Å². The zero-order valence-corrected chi connectivity index (χ0v) is 12.3. The molecule has 2 heterocycles. The highest BCUT2D eigenvalue weighted by molar-refractivity contribution is 7.91. The average Bonchev–Trinajstić information content (AvgIpc) is 2.88. The second-order valence-corrected chi connectivity index (χ2v) is 7.56. The molecule has 0 aromatic heterocycles. The summed E-state index contributed by atoms with van der Waals surface area (Å²) in [6.45, 7) is 0. The van der Waals surface area contributed by atoms with Gasteiger partial charge in [-0.3, -0.25) is 4.79 Å². The number of hydrogen-bond donors (Lipinski definition) is 0. The number of carbonyl (C=O) groups is 2. The SMILES string of the molecule is COC(=O)c1ccc(N2C(=O)C[C@H]3CS(=O)(=O)C[C@@H]32)cc1. The quantitative estimate of drug-likeness (QED) is 0.748. The minimum Gasteiger partial charge on any atom is -0.465 e.